The molecule has 4 nitrogen and oxygen atoms in total. The molecule has 13 heavy (non-hydrogen) atoms. The molecule has 0 aliphatic carbocycles. The highest BCUT2D eigenvalue weighted by molar-refractivity contribution is 5.75. The quantitative estimate of drug-likeness (QED) is 0.602. The first-order valence-electron chi connectivity index (χ1n) is 4.55. The van der Waals surface area contributed by atoms with Gasteiger partial charge in [-0.3, -0.25) is 9.59 Å². The van der Waals surface area contributed by atoms with Crippen molar-refractivity contribution in [3.8, 4) is 0 Å². The van der Waals surface area contributed by atoms with Gasteiger partial charge < -0.3 is 10.2 Å². The first-order valence-corrected chi connectivity index (χ1v) is 4.55. The normalized spacial score (nSPS) is 16.0. The van der Waals surface area contributed by atoms with E-state index < -0.39 is 0 Å². The molecule has 0 unspecified atom stereocenters. The third-order valence-corrected chi connectivity index (χ3v) is 1.61. The van der Waals surface area contributed by atoms with Gasteiger partial charge in [-0.25, -0.2) is 0 Å². The van der Waals surface area contributed by atoms with Crippen molar-refractivity contribution in [2.75, 3.05) is 20.6 Å². The van der Waals surface area contributed by atoms with Crippen molar-refractivity contribution in [2.24, 2.45) is 0 Å². The smallest absolute Gasteiger partial charge is 0.219 e. The fraction of sp³-hybridized carbons (Fsp3) is 0.778. The van der Waals surface area contributed by atoms with Crippen molar-refractivity contribution in [3.63, 3.8) is 0 Å². The number of rotatable bonds is 1. The maximum atomic E-state index is 10.6. The third-order valence-electron chi connectivity index (χ3n) is 1.61. The molecule has 0 aromatic rings. The minimum absolute atomic E-state index is 0.225. The van der Waals surface area contributed by atoms with Crippen molar-refractivity contribution >= 4 is 12.3 Å². The molecule has 0 bridgehead atoms. The fourth-order valence-corrected chi connectivity index (χ4v) is 0.904. The molecule has 0 saturated carbocycles. The summed E-state index contributed by atoms with van der Waals surface area (Å²) in [4.78, 5) is 21.4. The Hall–Kier alpha value is -1.06. The van der Waals surface area contributed by atoms with Crippen LogP contribution in [0.4, 0.5) is 0 Å². The first kappa shape index (κ1) is 11.9. The van der Waals surface area contributed by atoms with Gasteiger partial charge >= 0.3 is 0 Å². The van der Waals surface area contributed by atoms with Crippen LogP contribution in [-0.4, -0.2) is 37.9 Å². The van der Waals surface area contributed by atoms with Gasteiger partial charge in [-0.2, -0.15) is 0 Å². The van der Waals surface area contributed by atoms with Gasteiger partial charge in [0.05, 0.1) is 0 Å². The van der Waals surface area contributed by atoms with Crippen LogP contribution in [0, 0.1) is 0 Å². The molecule has 1 aliphatic heterocycles. The van der Waals surface area contributed by atoms with Crippen molar-refractivity contribution in [1.82, 2.24) is 10.2 Å². The van der Waals surface area contributed by atoms with Gasteiger partial charge in [-0.15, -0.1) is 0 Å². The predicted molar refractivity (Wildman–Crippen MR) is 51.2 cm³/mol. The second kappa shape index (κ2) is 7.58. The number of amides is 2. The Kier molecular flexibility index (Phi) is 6.96. The summed E-state index contributed by atoms with van der Waals surface area (Å²) in [6.45, 7) is 0.888. The Morgan fingerprint density at radius 1 is 1.31 bits per heavy atom. The highest BCUT2D eigenvalue weighted by atomic mass is 16.1. The second-order valence-corrected chi connectivity index (χ2v) is 3.23. The molecule has 1 rings (SSSR count). The molecule has 0 spiro atoms. The Morgan fingerprint density at radius 2 is 1.92 bits per heavy atom. The van der Waals surface area contributed by atoms with E-state index in [0.717, 1.165) is 32.2 Å². The summed E-state index contributed by atoms with van der Waals surface area (Å²) in [7, 11) is 3.38. The molecule has 1 saturated heterocycles. The summed E-state index contributed by atoms with van der Waals surface area (Å²) in [5, 5.41) is 2.81. The fourth-order valence-electron chi connectivity index (χ4n) is 0.904. The van der Waals surface area contributed by atoms with Crippen LogP contribution in [0.15, 0.2) is 0 Å². The molecular weight excluding hydrogens is 168 g/mol. The van der Waals surface area contributed by atoms with Gasteiger partial charge in [-0.1, -0.05) is 6.42 Å². The van der Waals surface area contributed by atoms with E-state index in [2.05, 4.69) is 5.32 Å². The SMILES string of the molecule is CN(C)C=O.O=C1CCCCCN1. The van der Waals surface area contributed by atoms with Crippen molar-refractivity contribution < 1.29 is 9.59 Å². The van der Waals surface area contributed by atoms with Gasteiger partial charge in [0, 0.05) is 27.1 Å². The summed E-state index contributed by atoms with van der Waals surface area (Å²) in [6.07, 6.45) is 4.93. The van der Waals surface area contributed by atoms with Crippen LogP contribution < -0.4 is 5.32 Å². The number of hydrogen-bond donors (Lipinski definition) is 1. The van der Waals surface area contributed by atoms with E-state index in [0.29, 0.717) is 0 Å². The largest absolute Gasteiger partial charge is 0.356 e. The van der Waals surface area contributed by atoms with Crippen LogP contribution in [0.1, 0.15) is 25.7 Å². The molecule has 4 heteroatoms. The number of hydrogen-bond acceptors (Lipinski definition) is 2. The standard InChI is InChI=1S/C6H11NO.C3H7NO/c8-6-4-2-1-3-5-7-6;1-4(2)3-5/h1-5H2,(H,7,8);3H,1-2H3. The molecule has 76 valence electrons. The van der Waals surface area contributed by atoms with Crippen molar-refractivity contribution in [2.45, 2.75) is 25.7 Å². The molecule has 0 aromatic heterocycles. The number of nitrogens with zero attached hydrogens (tertiary/aromatic N) is 1. The first-order chi connectivity index (χ1) is 6.16. The predicted octanol–water partition coefficient (Wildman–Crippen LogP) is 0.381. The monoisotopic (exact) mass is 186 g/mol. The van der Waals surface area contributed by atoms with Crippen molar-refractivity contribution in [1.29, 1.82) is 0 Å². The molecule has 1 N–H and O–H groups in total. The zero-order chi connectivity index (χ0) is 10.1. The van der Waals surface area contributed by atoms with E-state index in [9.17, 15) is 9.59 Å². The van der Waals surface area contributed by atoms with Gasteiger partial charge in [-0.05, 0) is 12.8 Å². The van der Waals surface area contributed by atoms with E-state index in [1.807, 2.05) is 0 Å². The molecule has 2 amide bonds. The molecule has 1 aliphatic rings. The van der Waals surface area contributed by atoms with Crippen LogP contribution in [-0.2, 0) is 9.59 Å². The van der Waals surface area contributed by atoms with Gasteiger partial charge in [0.2, 0.25) is 12.3 Å². The van der Waals surface area contributed by atoms with Gasteiger partial charge in [0.25, 0.3) is 0 Å². The molecule has 0 aromatic carbocycles. The lowest BCUT2D eigenvalue weighted by Crippen LogP contribution is -2.21. The lowest BCUT2D eigenvalue weighted by molar-refractivity contribution is -0.120. The Bertz CT molecular complexity index is 148. The van der Waals surface area contributed by atoms with Crippen LogP contribution >= 0.6 is 0 Å². The molecule has 0 atom stereocenters. The van der Waals surface area contributed by atoms with Gasteiger partial charge in [0.1, 0.15) is 0 Å². The average molecular weight is 186 g/mol. The maximum absolute atomic E-state index is 10.6. The zero-order valence-electron chi connectivity index (χ0n) is 8.38. The minimum atomic E-state index is 0.225. The Balaban J connectivity index is 0.000000252. The van der Waals surface area contributed by atoms with E-state index in [4.69, 9.17) is 0 Å². The Labute approximate surface area is 79.3 Å². The number of carbonyl (C=O) groups excluding carboxylic acids is 2. The van der Waals surface area contributed by atoms with Crippen molar-refractivity contribution in [3.05, 3.63) is 0 Å². The topological polar surface area (TPSA) is 49.4 Å². The van der Waals surface area contributed by atoms with Gasteiger partial charge in [0.15, 0.2) is 0 Å². The Morgan fingerprint density at radius 3 is 2.46 bits per heavy atom. The molecule has 0 radical (unpaired) electrons. The van der Waals surface area contributed by atoms with Crippen LogP contribution in [0.5, 0.6) is 0 Å². The minimum Gasteiger partial charge on any atom is -0.356 e. The summed E-state index contributed by atoms with van der Waals surface area (Å²) in [5.74, 6) is 0.225. The van der Waals surface area contributed by atoms with E-state index >= 15 is 0 Å². The maximum Gasteiger partial charge on any atom is 0.219 e. The summed E-state index contributed by atoms with van der Waals surface area (Å²) < 4.78 is 0. The zero-order valence-corrected chi connectivity index (χ0v) is 8.38. The third kappa shape index (κ3) is 8.85. The van der Waals surface area contributed by atoms with E-state index in [1.54, 1.807) is 14.1 Å². The van der Waals surface area contributed by atoms with E-state index in [-0.39, 0.29) is 5.91 Å². The molecular formula is C9H18N2O2. The molecule has 1 heterocycles. The van der Waals surface area contributed by atoms with Crippen LogP contribution in [0.25, 0.3) is 0 Å². The second-order valence-electron chi connectivity index (χ2n) is 3.23. The summed E-state index contributed by atoms with van der Waals surface area (Å²) in [5.41, 5.74) is 0. The summed E-state index contributed by atoms with van der Waals surface area (Å²) >= 11 is 0. The lowest BCUT2D eigenvalue weighted by atomic mass is 10.2. The summed E-state index contributed by atoms with van der Waals surface area (Å²) in [6, 6.07) is 0. The highest BCUT2D eigenvalue weighted by Gasteiger charge is 2.03. The van der Waals surface area contributed by atoms with Crippen LogP contribution in [0.2, 0.25) is 0 Å². The number of nitrogens with one attached hydrogen (secondary N) is 1. The average Bonchev–Trinajstić information content (AvgIpc) is 2.33. The lowest BCUT2D eigenvalue weighted by Gasteiger charge is -1.93. The van der Waals surface area contributed by atoms with Crippen LogP contribution in [0.3, 0.4) is 0 Å². The number of carbonyl (C=O) groups is 2. The highest BCUT2D eigenvalue weighted by Crippen LogP contribution is 2.02. The molecule has 1 fully saturated rings. The van der Waals surface area contributed by atoms with E-state index in [1.165, 1.54) is 11.3 Å².